The van der Waals surface area contributed by atoms with Gasteiger partial charge in [-0.2, -0.15) is 0 Å². The van der Waals surface area contributed by atoms with Gasteiger partial charge in [0.15, 0.2) is 0 Å². The predicted octanol–water partition coefficient (Wildman–Crippen LogP) is 4.99. The molecule has 0 saturated carbocycles. The SMILES string of the molecule is Cc1ccc(OCc2ccc(Cl)cc2Br)cc1. The Hall–Kier alpha value is -0.990. The lowest BCUT2D eigenvalue weighted by atomic mass is 10.2. The summed E-state index contributed by atoms with van der Waals surface area (Å²) in [5.41, 5.74) is 2.31. The second-order valence-corrected chi connectivity index (χ2v) is 5.13. The molecule has 2 aromatic rings. The van der Waals surface area contributed by atoms with Crippen molar-refractivity contribution in [1.29, 1.82) is 0 Å². The molecule has 0 heterocycles. The van der Waals surface area contributed by atoms with Gasteiger partial charge in [0.2, 0.25) is 0 Å². The fourth-order valence-electron chi connectivity index (χ4n) is 1.43. The Labute approximate surface area is 115 Å². The first kappa shape index (κ1) is 12.5. The minimum absolute atomic E-state index is 0.529. The summed E-state index contributed by atoms with van der Waals surface area (Å²) in [6.07, 6.45) is 0. The molecule has 2 rings (SSSR count). The second kappa shape index (κ2) is 5.56. The van der Waals surface area contributed by atoms with Gasteiger partial charge in [-0.25, -0.2) is 0 Å². The Morgan fingerprint density at radius 1 is 1.12 bits per heavy atom. The maximum absolute atomic E-state index is 5.88. The van der Waals surface area contributed by atoms with Crippen molar-refractivity contribution in [2.24, 2.45) is 0 Å². The molecule has 0 saturated heterocycles. The van der Waals surface area contributed by atoms with E-state index in [4.69, 9.17) is 16.3 Å². The summed E-state index contributed by atoms with van der Waals surface area (Å²) < 4.78 is 6.66. The number of halogens is 2. The lowest BCUT2D eigenvalue weighted by Gasteiger charge is -2.08. The third-order valence-electron chi connectivity index (χ3n) is 2.43. The molecule has 17 heavy (non-hydrogen) atoms. The standard InChI is InChI=1S/C14H12BrClO/c1-10-2-6-13(7-3-10)17-9-11-4-5-12(16)8-14(11)15/h2-8H,9H2,1H3. The first-order chi connectivity index (χ1) is 8.15. The maximum Gasteiger partial charge on any atom is 0.119 e. The first-order valence-electron chi connectivity index (χ1n) is 5.28. The van der Waals surface area contributed by atoms with Crippen LogP contribution in [0.4, 0.5) is 0 Å². The molecule has 0 aliphatic rings. The van der Waals surface area contributed by atoms with Crippen molar-refractivity contribution in [3.8, 4) is 5.75 Å². The summed E-state index contributed by atoms with van der Waals surface area (Å²) in [4.78, 5) is 0. The quantitative estimate of drug-likeness (QED) is 0.776. The third-order valence-corrected chi connectivity index (χ3v) is 3.40. The number of ether oxygens (including phenoxy) is 1. The Balaban J connectivity index is 2.04. The van der Waals surface area contributed by atoms with E-state index in [0.717, 1.165) is 20.8 Å². The number of benzene rings is 2. The number of hydrogen-bond acceptors (Lipinski definition) is 1. The zero-order chi connectivity index (χ0) is 12.3. The fourth-order valence-corrected chi connectivity index (χ4v) is 2.23. The molecule has 3 heteroatoms. The second-order valence-electron chi connectivity index (χ2n) is 3.84. The zero-order valence-electron chi connectivity index (χ0n) is 9.41. The van der Waals surface area contributed by atoms with Crippen LogP contribution in [0, 0.1) is 6.92 Å². The van der Waals surface area contributed by atoms with Crippen LogP contribution in [0.2, 0.25) is 5.02 Å². The van der Waals surface area contributed by atoms with Crippen molar-refractivity contribution < 1.29 is 4.74 Å². The molecule has 0 aliphatic heterocycles. The lowest BCUT2D eigenvalue weighted by Crippen LogP contribution is -1.96. The largest absolute Gasteiger partial charge is 0.489 e. The molecule has 0 N–H and O–H groups in total. The molecule has 0 fully saturated rings. The van der Waals surface area contributed by atoms with Crippen LogP contribution < -0.4 is 4.74 Å². The van der Waals surface area contributed by atoms with Gasteiger partial charge in [-0.15, -0.1) is 0 Å². The molecule has 0 aliphatic carbocycles. The van der Waals surface area contributed by atoms with Gasteiger partial charge in [0, 0.05) is 15.1 Å². The van der Waals surface area contributed by atoms with Gasteiger partial charge >= 0.3 is 0 Å². The summed E-state index contributed by atoms with van der Waals surface area (Å²) in [6.45, 7) is 2.58. The molecule has 2 aromatic carbocycles. The van der Waals surface area contributed by atoms with Gasteiger partial charge in [-0.05, 0) is 31.2 Å². The minimum Gasteiger partial charge on any atom is -0.489 e. The van der Waals surface area contributed by atoms with Crippen molar-refractivity contribution in [1.82, 2.24) is 0 Å². The third kappa shape index (κ3) is 3.48. The van der Waals surface area contributed by atoms with Crippen LogP contribution >= 0.6 is 27.5 Å². The molecular formula is C14H12BrClO. The van der Waals surface area contributed by atoms with Crippen molar-refractivity contribution in [2.75, 3.05) is 0 Å². The molecule has 0 bridgehead atoms. The summed E-state index contributed by atoms with van der Waals surface area (Å²) >= 11 is 9.35. The molecule has 88 valence electrons. The topological polar surface area (TPSA) is 9.23 Å². The minimum atomic E-state index is 0.529. The Kier molecular flexibility index (Phi) is 4.08. The Morgan fingerprint density at radius 2 is 1.82 bits per heavy atom. The van der Waals surface area contributed by atoms with E-state index in [1.165, 1.54) is 5.56 Å². The molecule has 0 amide bonds. The normalized spacial score (nSPS) is 10.3. The molecule has 0 radical (unpaired) electrons. The summed E-state index contributed by atoms with van der Waals surface area (Å²) in [5, 5.41) is 0.718. The van der Waals surface area contributed by atoms with E-state index in [1.807, 2.05) is 42.5 Å². The van der Waals surface area contributed by atoms with Gasteiger partial charge in [0.1, 0.15) is 12.4 Å². The monoisotopic (exact) mass is 310 g/mol. The molecule has 0 unspecified atom stereocenters. The van der Waals surface area contributed by atoms with E-state index in [-0.39, 0.29) is 0 Å². The first-order valence-corrected chi connectivity index (χ1v) is 6.45. The molecule has 0 atom stereocenters. The van der Waals surface area contributed by atoms with Gasteiger partial charge in [0.25, 0.3) is 0 Å². The highest BCUT2D eigenvalue weighted by atomic mass is 79.9. The molecule has 1 nitrogen and oxygen atoms in total. The van der Waals surface area contributed by atoms with E-state index in [1.54, 1.807) is 0 Å². The van der Waals surface area contributed by atoms with E-state index in [9.17, 15) is 0 Å². The van der Waals surface area contributed by atoms with Gasteiger partial charge in [0.05, 0.1) is 0 Å². The van der Waals surface area contributed by atoms with Crippen molar-refractivity contribution >= 4 is 27.5 Å². The average molecular weight is 312 g/mol. The highest BCUT2D eigenvalue weighted by molar-refractivity contribution is 9.10. The van der Waals surface area contributed by atoms with Crippen LogP contribution in [0.25, 0.3) is 0 Å². The Bertz CT molecular complexity index is 508. The molecule has 0 aromatic heterocycles. The average Bonchev–Trinajstić information content (AvgIpc) is 2.30. The fraction of sp³-hybridized carbons (Fsp3) is 0.143. The number of aryl methyl sites for hydroxylation is 1. The molecular weight excluding hydrogens is 300 g/mol. The van der Waals surface area contributed by atoms with Gasteiger partial charge < -0.3 is 4.74 Å². The predicted molar refractivity (Wildman–Crippen MR) is 74.7 cm³/mol. The smallest absolute Gasteiger partial charge is 0.119 e. The van der Waals surface area contributed by atoms with Crippen molar-refractivity contribution in [3.63, 3.8) is 0 Å². The summed E-state index contributed by atoms with van der Waals surface area (Å²) in [7, 11) is 0. The summed E-state index contributed by atoms with van der Waals surface area (Å²) in [5.74, 6) is 0.873. The number of rotatable bonds is 3. The zero-order valence-corrected chi connectivity index (χ0v) is 11.8. The van der Waals surface area contributed by atoms with Crippen LogP contribution in [0.1, 0.15) is 11.1 Å². The Morgan fingerprint density at radius 3 is 2.47 bits per heavy atom. The van der Waals surface area contributed by atoms with Gasteiger partial charge in [-0.3, -0.25) is 0 Å². The van der Waals surface area contributed by atoms with Crippen LogP contribution in [-0.4, -0.2) is 0 Å². The van der Waals surface area contributed by atoms with Crippen LogP contribution in [0.3, 0.4) is 0 Å². The molecule has 0 spiro atoms. The van der Waals surface area contributed by atoms with Crippen LogP contribution in [0.5, 0.6) is 5.75 Å². The van der Waals surface area contributed by atoms with Gasteiger partial charge in [-0.1, -0.05) is 51.3 Å². The van der Waals surface area contributed by atoms with E-state index in [0.29, 0.717) is 6.61 Å². The van der Waals surface area contributed by atoms with E-state index in [2.05, 4.69) is 22.9 Å². The van der Waals surface area contributed by atoms with Crippen LogP contribution in [0.15, 0.2) is 46.9 Å². The highest BCUT2D eigenvalue weighted by Gasteiger charge is 2.01. The van der Waals surface area contributed by atoms with E-state index >= 15 is 0 Å². The van der Waals surface area contributed by atoms with Crippen molar-refractivity contribution in [2.45, 2.75) is 13.5 Å². The van der Waals surface area contributed by atoms with E-state index < -0.39 is 0 Å². The summed E-state index contributed by atoms with van der Waals surface area (Å²) in [6, 6.07) is 13.7. The van der Waals surface area contributed by atoms with Crippen LogP contribution in [-0.2, 0) is 6.61 Å². The van der Waals surface area contributed by atoms with Crippen molar-refractivity contribution in [3.05, 3.63) is 63.1 Å². The number of hydrogen-bond donors (Lipinski definition) is 0. The lowest BCUT2D eigenvalue weighted by molar-refractivity contribution is 0.305. The highest BCUT2D eigenvalue weighted by Crippen LogP contribution is 2.23. The maximum atomic E-state index is 5.88.